The number of anilines is 1. The van der Waals surface area contributed by atoms with E-state index in [-0.39, 0.29) is 5.69 Å². The number of carbonyl (C=O) groups is 1. The fourth-order valence-corrected chi connectivity index (χ4v) is 1.27. The maximum atomic E-state index is 10.6. The van der Waals surface area contributed by atoms with Crippen molar-refractivity contribution in [3.05, 3.63) is 5.69 Å². The molecule has 60 valence electrons. The molecule has 0 bridgehead atoms. The maximum Gasteiger partial charge on any atom is 0.272 e. The lowest BCUT2D eigenvalue weighted by Gasteiger charge is -1.96. The van der Waals surface area contributed by atoms with Gasteiger partial charge in [0.2, 0.25) is 0 Å². The Bertz CT molecular complexity index is 259. The minimum Gasteiger partial charge on any atom is -0.374 e. The lowest BCUT2D eigenvalue weighted by Crippen LogP contribution is -2.13. The third-order valence-electron chi connectivity index (χ3n) is 1.06. The number of carbonyl (C=O) groups excluding carboxylic acids is 1. The molecule has 0 aromatic carbocycles. The molecule has 1 aromatic heterocycles. The van der Waals surface area contributed by atoms with E-state index < -0.39 is 5.91 Å². The smallest absolute Gasteiger partial charge is 0.272 e. The summed E-state index contributed by atoms with van der Waals surface area (Å²) in [6, 6.07) is 0. The van der Waals surface area contributed by atoms with E-state index in [0.717, 1.165) is 18.1 Å². The molecule has 5 nitrogen and oxygen atoms in total. The molecule has 0 aliphatic carbocycles. The summed E-state index contributed by atoms with van der Waals surface area (Å²) in [6.45, 7) is 2.65. The molecule has 0 spiro atoms. The zero-order valence-electron chi connectivity index (χ0n) is 6.00. The third kappa shape index (κ3) is 1.64. The van der Waals surface area contributed by atoms with Gasteiger partial charge in [0.1, 0.15) is 5.00 Å². The van der Waals surface area contributed by atoms with Gasteiger partial charge in [0, 0.05) is 18.1 Å². The number of nitrogens with zero attached hydrogens (tertiary/aromatic N) is 2. The Morgan fingerprint density at radius 1 is 1.82 bits per heavy atom. The van der Waals surface area contributed by atoms with Crippen LogP contribution >= 0.6 is 11.5 Å². The Labute approximate surface area is 67.8 Å². The highest BCUT2D eigenvalue weighted by atomic mass is 32.1. The first-order chi connectivity index (χ1) is 5.25. The predicted octanol–water partition coefficient (Wildman–Crippen LogP) is 0.0688. The van der Waals surface area contributed by atoms with Crippen LogP contribution in [0.4, 0.5) is 5.00 Å². The molecule has 6 heteroatoms. The standard InChI is InChI=1S/C5H8N4OS/c1-2-7-5-3(4(6)10)8-9-11-5/h7H,2H2,1H3,(H2,6,10). The van der Waals surface area contributed by atoms with Crippen LogP contribution < -0.4 is 11.1 Å². The number of rotatable bonds is 3. The van der Waals surface area contributed by atoms with Crippen LogP contribution in [0.2, 0.25) is 0 Å². The van der Waals surface area contributed by atoms with E-state index in [4.69, 9.17) is 5.73 Å². The van der Waals surface area contributed by atoms with Crippen molar-refractivity contribution in [2.75, 3.05) is 11.9 Å². The Morgan fingerprint density at radius 2 is 2.55 bits per heavy atom. The maximum absolute atomic E-state index is 10.6. The highest BCUT2D eigenvalue weighted by Crippen LogP contribution is 2.15. The second-order valence-electron chi connectivity index (χ2n) is 1.85. The summed E-state index contributed by atoms with van der Waals surface area (Å²) >= 11 is 1.13. The minimum atomic E-state index is -0.547. The van der Waals surface area contributed by atoms with Gasteiger partial charge in [-0.1, -0.05) is 4.49 Å². The minimum absolute atomic E-state index is 0.219. The van der Waals surface area contributed by atoms with Gasteiger partial charge in [0.15, 0.2) is 5.69 Å². The van der Waals surface area contributed by atoms with E-state index in [1.807, 2.05) is 6.92 Å². The average Bonchev–Trinajstić information content (AvgIpc) is 2.36. The zero-order chi connectivity index (χ0) is 8.27. The molecule has 0 fully saturated rings. The van der Waals surface area contributed by atoms with Crippen LogP contribution in [0.5, 0.6) is 0 Å². The molecular formula is C5H8N4OS. The molecule has 1 aromatic rings. The van der Waals surface area contributed by atoms with Crippen LogP contribution in [-0.2, 0) is 0 Å². The molecule has 3 N–H and O–H groups in total. The normalized spacial score (nSPS) is 9.55. The predicted molar refractivity (Wildman–Crippen MR) is 42.6 cm³/mol. The van der Waals surface area contributed by atoms with Crippen molar-refractivity contribution in [2.45, 2.75) is 6.92 Å². The van der Waals surface area contributed by atoms with E-state index in [9.17, 15) is 4.79 Å². The summed E-state index contributed by atoms with van der Waals surface area (Å²) in [4.78, 5) is 10.6. The van der Waals surface area contributed by atoms with Crippen molar-refractivity contribution >= 4 is 22.4 Å². The van der Waals surface area contributed by atoms with E-state index in [2.05, 4.69) is 14.9 Å². The zero-order valence-corrected chi connectivity index (χ0v) is 6.81. The van der Waals surface area contributed by atoms with Crippen LogP contribution in [0.15, 0.2) is 0 Å². The van der Waals surface area contributed by atoms with Gasteiger partial charge in [-0.3, -0.25) is 4.79 Å². The fraction of sp³-hybridized carbons (Fsp3) is 0.400. The molecule has 1 amide bonds. The fourth-order valence-electron chi connectivity index (χ4n) is 0.628. The first kappa shape index (κ1) is 7.93. The highest BCUT2D eigenvalue weighted by Gasteiger charge is 2.11. The lowest BCUT2D eigenvalue weighted by molar-refractivity contribution is 0.0996. The van der Waals surface area contributed by atoms with E-state index in [0.29, 0.717) is 5.00 Å². The Morgan fingerprint density at radius 3 is 3.09 bits per heavy atom. The Kier molecular flexibility index (Phi) is 2.37. The summed E-state index contributed by atoms with van der Waals surface area (Å²) < 4.78 is 3.59. The van der Waals surface area contributed by atoms with Gasteiger partial charge in [-0.15, -0.1) is 5.10 Å². The first-order valence-electron chi connectivity index (χ1n) is 3.11. The molecule has 0 atom stereocenters. The molecule has 0 saturated heterocycles. The number of amides is 1. The van der Waals surface area contributed by atoms with Crippen molar-refractivity contribution in [3.63, 3.8) is 0 Å². The molecule has 0 aliphatic heterocycles. The summed E-state index contributed by atoms with van der Waals surface area (Å²) in [7, 11) is 0. The summed E-state index contributed by atoms with van der Waals surface area (Å²) in [5.41, 5.74) is 5.23. The summed E-state index contributed by atoms with van der Waals surface area (Å²) in [5.74, 6) is -0.547. The van der Waals surface area contributed by atoms with Gasteiger partial charge < -0.3 is 11.1 Å². The van der Waals surface area contributed by atoms with Crippen LogP contribution in [-0.4, -0.2) is 22.0 Å². The van der Waals surface area contributed by atoms with Crippen molar-refractivity contribution in [3.8, 4) is 0 Å². The van der Waals surface area contributed by atoms with Crippen molar-refractivity contribution in [1.29, 1.82) is 0 Å². The SMILES string of the molecule is CCNc1snnc1C(N)=O. The quantitative estimate of drug-likeness (QED) is 0.676. The number of hydrogen-bond donors (Lipinski definition) is 2. The lowest BCUT2D eigenvalue weighted by atomic mass is 10.4. The van der Waals surface area contributed by atoms with Gasteiger partial charge in [0.05, 0.1) is 0 Å². The van der Waals surface area contributed by atoms with Crippen molar-refractivity contribution in [1.82, 2.24) is 9.59 Å². The van der Waals surface area contributed by atoms with E-state index >= 15 is 0 Å². The second-order valence-corrected chi connectivity index (χ2v) is 2.60. The molecule has 1 rings (SSSR count). The number of hydrogen-bond acceptors (Lipinski definition) is 5. The van der Waals surface area contributed by atoms with Crippen LogP contribution in [0.3, 0.4) is 0 Å². The molecule has 0 unspecified atom stereocenters. The van der Waals surface area contributed by atoms with Gasteiger partial charge in [-0.05, 0) is 6.92 Å². The molecule has 0 radical (unpaired) electrons. The molecule has 1 heterocycles. The monoisotopic (exact) mass is 172 g/mol. The van der Waals surface area contributed by atoms with Crippen LogP contribution in [0.1, 0.15) is 17.4 Å². The summed E-state index contributed by atoms with van der Waals surface area (Å²) in [5, 5.41) is 7.13. The topological polar surface area (TPSA) is 80.9 Å². The van der Waals surface area contributed by atoms with Gasteiger partial charge in [-0.25, -0.2) is 0 Å². The highest BCUT2D eigenvalue weighted by molar-refractivity contribution is 7.10. The Balaban J connectivity index is 2.87. The first-order valence-corrected chi connectivity index (χ1v) is 3.89. The van der Waals surface area contributed by atoms with Gasteiger partial charge >= 0.3 is 0 Å². The third-order valence-corrected chi connectivity index (χ3v) is 1.74. The van der Waals surface area contributed by atoms with Crippen molar-refractivity contribution < 1.29 is 4.79 Å². The van der Waals surface area contributed by atoms with Crippen molar-refractivity contribution in [2.24, 2.45) is 5.73 Å². The van der Waals surface area contributed by atoms with E-state index in [1.54, 1.807) is 0 Å². The van der Waals surface area contributed by atoms with Gasteiger partial charge in [0.25, 0.3) is 5.91 Å². The second kappa shape index (κ2) is 3.29. The summed E-state index contributed by atoms with van der Waals surface area (Å²) in [6.07, 6.45) is 0. The largest absolute Gasteiger partial charge is 0.374 e. The number of nitrogens with one attached hydrogen (secondary N) is 1. The molecule has 11 heavy (non-hydrogen) atoms. The van der Waals surface area contributed by atoms with E-state index in [1.165, 1.54) is 0 Å². The molecular weight excluding hydrogens is 164 g/mol. The number of nitrogens with two attached hydrogens (primary N) is 1. The number of aromatic nitrogens is 2. The molecule has 0 saturated carbocycles. The molecule has 0 aliphatic rings. The Hall–Kier alpha value is -1.17. The average molecular weight is 172 g/mol. The van der Waals surface area contributed by atoms with Crippen LogP contribution in [0, 0.1) is 0 Å². The van der Waals surface area contributed by atoms with Crippen LogP contribution in [0.25, 0.3) is 0 Å². The number of primary amides is 1. The van der Waals surface area contributed by atoms with Gasteiger partial charge in [-0.2, -0.15) is 0 Å².